The van der Waals surface area contributed by atoms with Gasteiger partial charge in [0.25, 0.3) is 0 Å². The smallest absolute Gasteiger partial charge is 0.135 e. The molecule has 0 radical (unpaired) electrons. The first-order chi connectivity index (χ1) is 36.7. The van der Waals surface area contributed by atoms with Gasteiger partial charge in [0.1, 0.15) is 22.3 Å². The number of para-hydroxylation sites is 2. The summed E-state index contributed by atoms with van der Waals surface area (Å²) in [5.74, 6) is 0. The molecule has 340 valence electrons. The second-order valence-corrected chi connectivity index (χ2v) is 20.2. The molecule has 0 atom stereocenters. The Kier molecular flexibility index (Phi) is 8.03. The molecule has 0 N–H and O–H groups in total. The molecular weight excluding hydrogens is 897 g/mol. The third-order valence-corrected chi connectivity index (χ3v) is 16.4. The predicted octanol–water partition coefficient (Wildman–Crippen LogP) is 20.7. The van der Waals surface area contributed by atoms with E-state index in [2.05, 4.69) is 231 Å². The van der Waals surface area contributed by atoms with E-state index in [9.17, 15) is 0 Å². The maximum atomic E-state index is 6.35. The fraction of sp³-hybridized carbons (Fsp3) is 0. The average Bonchev–Trinajstić information content (AvgIpc) is 4.04. The van der Waals surface area contributed by atoms with Crippen LogP contribution in [0.3, 0.4) is 0 Å². The molecule has 0 saturated heterocycles. The fourth-order valence-electron chi connectivity index (χ4n) is 13.0. The molecule has 16 aromatic rings. The summed E-state index contributed by atoms with van der Waals surface area (Å²) in [6.07, 6.45) is 0. The highest BCUT2D eigenvalue weighted by Gasteiger charge is 2.27. The Morgan fingerprint density at radius 1 is 0.149 bits per heavy atom. The van der Waals surface area contributed by atoms with Gasteiger partial charge in [-0.1, -0.05) is 170 Å². The quantitative estimate of drug-likeness (QED) is 0.161. The zero-order valence-corrected chi connectivity index (χ0v) is 39.9. The van der Waals surface area contributed by atoms with E-state index in [0.29, 0.717) is 0 Å². The zero-order valence-electron chi connectivity index (χ0n) is 39.9. The summed E-state index contributed by atoms with van der Waals surface area (Å²) in [6, 6.07) is 90.3. The Labute approximate surface area is 424 Å². The van der Waals surface area contributed by atoms with E-state index in [0.717, 1.165) is 66.1 Å². The Bertz CT molecular complexity index is 4820. The molecule has 0 bridgehead atoms. The minimum atomic E-state index is 0.895. The van der Waals surface area contributed by atoms with Crippen molar-refractivity contribution in [2.75, 3.05) is 0 Å². The van der Waals surface area contributed by atoms with Crippen LogP contribution >= 0.6 is 0 Å². The first-order valence-electron chi connectivity index (χ1n) is 25.5. The number of hydrogen-bond donors (Lipinski definition) is 0. The van der Waals surface area contributed by atoms with E-state index >= 15 is 0 Å². The third kappa shape index (κ3) is 5.60. The van der Waals surface area contributed by atoms with E-state index < -0.39 is 0 Å². The monoisotopic (exact) mass is 936 g/mol. The molecule has 0 aliphatic heterocycles. The zero-order chi connectivity index (χ0) is 48.2. The van der Waals surface area contributed by atoms with Crippen LogP contribution in [0.15, 0.2) is 251 Å². The lowest BCUT2D eigenvalue weighted by atomic mass is 9.77. The molecule has 2 heteroatoms. The lowest BCUT2D eigenvalue weighted by Crippen LogP contribution is -2.00. The van der Waals surface area contributed by atoms with Crippen molar-refractivity contribution in [1.82, 2.24) is 0 Å². The average molecular weight is 937 g/mol. The Balaban J connectivity index is 1.02. The van der Waals surface area contributed by atoms with Gasteiger partial charge < -0.3 is 8.83 Å². The first kappa shape index (κ1) is 39.9. The summed E-state index contributed by atoms with van der Waals surface area (Å²) in [5, 5.41) is 19.5. The van der Waals surface area contributed by atoms with Gasteiger partial charge in [-0.25, -0.2) is 0 Å². The van der Waals surface area contributed by atoms with Crippen LogP contribution in [0.5, 0.6) is 0 Å². The van der Waals surface area contributed by atoms with Crippen molar-refractivity contribution in [2.24, 2.45) is 0 Å². The number of fused-ring (bicyclic) bond motifs is 26. The molecule has 2 aromatic heterocycles. The largest absolute Gasteiger partial charge is 0.456 e. The number of hydrogen-bond acceptors (Lipinski definition) is 2. The molecule has 74 heavy (non-hydrogen) atoms. The van der Waals surface area contributed by atoms with Gasteiger partial charge in [0, 0.05) is 21.5 Å². The maximum absolute atomic E-state index is 6.35. The van der Waals surface area contributed by atoms with Crippen molar-refractivity contribution in [3.05, 3.63) is 243 Å². The summed E-state index contributed by atoms with van der Waals surface area (Å²) >= 11 is 0. The minimum Gasteiger partial charge on any atom is -0.456 e. The van der Waals surface area contributed by atoms with Crippen LogP contribution in [0.2, 0.25) is 0 Å². The number of rotatable bonds is 2. The lowest BCUT2D eigenvalue weighted by molar-refractivity contribution is 0.668. The van der Waals surface area contributed by atoms with Crippen molar-refractivity contribution in [3.63, 3.8) is 0 Å². The molecule has 14 aromatic carbocycles. The van der Waals surface area contributed by atoms with Crippen LogP contribution in [0.1, 0.15) is 0 Å². The van der Waals surface area contributed by atoms with Gasteiger partial charge in [-0.2, -0.15) is 0 Å². The van der Waals surface area contributed by atoms with Gasteiger partial charge in [-0.05, 0) is 204 Å². The van der Waals surface area contributed by atoms with E-state index in [4.69, 9.17) is 8.83 Å². The van der Waals surface area contributed by atoms with Crippen molar-refractivity contribution in [2.45, 2.75) is 0 Å². The minimum absolute atomic E-state index is 0.895. The lowest BCUT2D eigenvalue weighted by Gasteiger charge is -2.26. The second-order valence-electron chi connectivity index (χ2n) is 20.2. The van der Waals surface area contributed by atoms with Gasteiger partial charge in [0.05, 0.1) is 0 Å². The summed E-state index contributed by atoms with van der Waals surface area (Å²) in [7, 11) is 0. The molecule has 2 heterocycles. The second kappa shape index (κ2) is 14.9. The van der Waals surface area contributed by atoms with Crippen LogP contribution < -0.4 is 0 Å². The van der Waals surface area contributed by atoms with Crippen LogP contribution in [-0.4, -0.2) is 0 Å². The van der Waals surface area contributed by atoms with Gasteiger partial charge in [-0.3, -0.25) is 0 Å². The Hall–Kier alpha value is -9.76. The van der Waals surface area contributed by atoms with Crippen LogP contribution in [0, 0.1) is 0 Å². The highest BCUT2D eigenvalue weighted by atomic mass is 16.3. The molecule has 0 amide bonds. The first-order valence-corrected chi connectivity index (χ1v) is 25.5. The molecular formula is C72H40O2. The molecule has 2 nitrogen and oxygen atoms in total. The molecule has 0 fully saturated rings. The molecule has 1 aliphatic carbocycles. The van der Waals surface area contributed by atoms with Crippen LogP contribution in [0.4, 0.5) is 0 Å². The number of furan rings is 2. The van der Waals surface area contributed by atoms with E-state index in [1.54, 1.807) is 0 Å². The summed E-state index contributed by atoms with van der Waals surface area (Å²) in [5.41, 5.74) is 17.8. The van der Waals surface area contributed by atoms with Gasteiger partial charge in [0.15, 0.2) is 0 Å². The van der Waals surface area contributed by atoms with Crippen molar-refractivity contribution >= 4 is 109 Å². The predicted molar refractivity (Wildman–Crippen MR) is 312 cm³/mol. The van der Waals surface area contributed by atoms with E-state index in [-0.39, 0.29) is 0 Å². The Morgan fingerprint density at radius 2 is 0.392 bits per heavy atom. The normalized spacial score (nSPS) is 12.3. The third-order valence-electron chi connectivity index (χ3n) is 16.4. The standard InChI is InChI=1S/C72H40O2/c1-5-17-49-45(13-1)47-15-3-7-19-51(47)61-39-65-58-34-42(44-28-32-72-68(36-44)56-22-10-12-24-70(56)74-72)26-30-54(58)64-38-60-50-18-6-2-14-46(50)48-16-4-8-20-52(48)62(60)40-66(64)57-33-41(25-29-53(57)63(65)37-59(49)61)43-27-31-71-67(35-43)55-21-9-11-23-69(55)73-71/h1-40H. The molecule has 0 unspecified atom stereocenters. The number of benzene rings is 14. The van der Waals surface area contributed by atoms with Crippen LogP contribution in [-0.2, 0) is 0 Å². The van der Waals surface area contributed by atoms with E-state index in [1.807, 2.05) is 12.1 Å². The van der Waals surface area contributed by atoms with Gasteiger partial charge in [0.2, 0.25) is 0 Å². The maximum Gasteiger partial charge on any atom is 0.135 e. The van der Waals surface area contributed by atoms with Gasteiger partial charge >= 0.3 is 0 Å². The topological polar surface area (TPSA) is 26.3 Å². The highest BCUT2D eigenvalue weighted by molar-refractivity contribution is 6.29. The summed E-state index contributed by atoms with van der Waals surface area (Å²) in [6.45, 7) is 0. The van der Waals surface area contributed by atoms with Crippen molar-refractivity contribution in [1.29, 1.82) is 0 Å². The SMILES string of the molecule is c1ccc2c(c1)oc1ccc(-c3ccc4c(c3)-c3cc5c6ccccc6c6ccccc6c5cc3-c3ccc(-c5ccc6oc7ccccc7c6c5)cc3-c3cc5c6ccccc6c6ccccc6c5cc3-4)cc12. The van der Waals surface area contributed by atoms with Crippen molar-refractivity contribution in [3.8, 4) is 66.8 Å². The summed E-state index contributed by atoms with van der Waals surface area (Å²) < 4.78 is 12.7. The summed E-state index contributed by atoms with van der Waals surface area (Å²) in [4.78, 5) is 0. The molecule has 0 saturated carbocycles. The molecule has 1 aliphatic rings. The highest BCUT2D eigenvalue weighted by Crippen LogP contribution is 2.54. The molecule has 0 spiro atoms. The van der Waals surface area contributed by atoms with Gasteiger partial charge in [-0.15, -0.1) is 0 Å². The molecule has 17 rings (SSSR count). The van der Waals surface area contributed by atoms with Crippen LogP contribution in [0.25, 0.3) is 175 Å². The van der Waals surface area contributed by atoms with Crippen molar-refractivity contribution < 1.29 is 8.83 Å². The Morgan fingerprint density at radius 3 is 0.743 bits per heavy atom. The van der Waals surface area contributed by atoms with E-state index in [1.165, 1.54) is 109 Å². The fourth-order valence-corrected chi connectivity index (χ4v) is 13.0.